The first kappa shape index (κ1) is 12.4. The lowest BCUT2D eigenvalue weighted by Crippen LogP contribution is -2.23. The van der Waals surface area contributed by atoms with Crippen LogP contribution in [0.1, 0.15) is 37.8 Å². The Labute approximate surface area is 105 Å². The van der Waals surface area contributed by atoms with E-state index in [1.165, 1.54) is 25.7 Å². The Bertz CT molecular complexity index is 370. The molecule has 2 heterocycles. The predicted octanol–water partition coefficient (Wildman–Crippen LogP) is 2.54. The summed E-state index contributed by atoms with van der Waals surface area (Å²) in [5.74, 6) is -0.755. The van der Waals surface area contributed by atoms with E-state index in [0.717, 1.165) is 23.9 Å². The summed E-state index contributed by atoms with van der Waals surface area (Å²) in [7, 11) is 0. The second-order valence-electron chi connectivity index (χ2n) is 4.42. The van der Waals surface area contributed by atoms with E-state index in [9.17, 15) is 4.79 Å². The van der Waals surface area contributed by atoms with Crippen molar-refractivity contribution in [1.82, 2.24) is 4.98 Å². The van der Waals surface area contributed by atoms with Crippen LogP contribution in [0.25, 0.3) is 0 Å². The number of anilines is 1. The van der Waals surface area contributed by atoms with Gasteiger partial charge in [0.15, 0.2) is 5.13 Å². The Hall–Kier alpha value is -1.10. The van der Waals surface area contributed by atoms with Crippen LogP contribution >= 0.6 is 11.3 Å². The van der Waals surface area contributed by atoms with Crippen molar-refractivity contribution in [2.45, 2.75) is 38.5 Å². The van der Waals surface area contributed by atoms with Crippen molar-refractivity contribution in [3.05, 3.63) is 11.1 Å². The highest BCUT2D eigenvalue weighted by Gasteiger charge is 2.13. The summed E-state index contributed by atoms with van der Waals surface area (Å²) in [4.78, 5) is 17.4. The number of carboxylic acid groups (broad SMARTS) is 1. The number of nitrogens with zero attached hydrogens (tertiary/aromatic N) is 2. The molecule has 0 bridgehead atoms. The molecule has 1 fully saturated rings. The fourth-order valence-electron chi connectivity index (χ4n) is 2.05. The second-order valence-corrected chi connectivity index (χ2v) is 5.25. The zero-order valence-corrected chi connectivity index (χ0v) is 10.7. The molecule has 94 valence electrons. The molecule has 4 nitrogen and oxygen atoms in total. The van der Waals surface area contributed by atoms with Crippen molar-refractivity contribution < 1.29 is 9.90 Å². The van der Waals surface area contributed by atoms with Crippen LogP contribution in [0.5, 0.6) is 0 Å². The largest absolute Gasteiger partial charge is 0.481 e. The molecule has 0 unspecified atom stereocenters. The first-order chi connectivity index (χ1) is 8.25. The monoisotopic (exact) mass is 254 g/mol. The third kappa shape index (κ3) is 3.70. The van der Waals surface area contributed by atoms with Crippen LogP contribution in [0.3, 0.4) is 0 Å². The van der Waals surface area contributed by atoms with E-state index >= 15 is 0 Å². The van der Waals surface area contributed by atoms with E-state index in [1.807, 2.05) is 5.38 Å². The first-order valence-electron chi connectivity index (χ1n) is 6.17. The van der Waals surface area contributed by atoms with Gasteiger partial charge in [-0.15, -0.1) is 11.3 Å². The zero-order valence-electron chi connectivity index (χ0n) is 9.89. The number of hydrogen-bond donors (Lipinski definition) is 1. The van der Waals surface area contributed by atoms with Gasteiger partial charge in [0.1, 0.15) is 0 Å². The summed E-state index contributed by atoms with van der Waals surface area (Å²) in [5, 5.41) is 11.7. The van der Waals surface area contributed by atoms with Crippen LogP contribution in [0.2, 0.25) is 0 Å². The third-order valence-electron chi connectivity index (χ3n) is 3.01. The van der Waals surface area contributed by atoms with Crippen molar-refractivity contribution in [1.29, 1.82) is 0 Å². The van der Waals surface area contributed by atoms with Gasteiger partial charge in [0.05, 0.1) is 12.1 Å². The molecule has 0 aromatic carbocycles. The van der Waals surface area contributed by atoms with E-state index < -0.39 is 5.97 Å². The fraction of sp³-hybridized carbons (Fsp3) is 0.667. The predicted molar refractivity (Wildman–Crippen MR) is 68.8 cm³/mol. The van der Waals surface area contributed by atoms with Crippen LogP contribution in [0.4, 0.5) is 5.13 Å². The van der Waals surface area contributed by atoms with E-state index in [1.54, 1.807) is 11.3 Å². The molecule has 0 saturated carbocycles. The van der Waals surface area contributed by atoms with Gasteiger partial charge in [-0.25, -0.2) is 4.98 Å². The van der Waals surface area contributed by atoms with E-state index in [2.05, 4.69) is 9.88 Å². The minimum atomic E-state index is -0.755. The maximum Gasteiger partial charge on any atom is 0.303 e. The van der Waals surface area contributed by atoms with Crippen molar-refractivity contribution in [2.24, 2.45) is 0 Å². The normalized spacial score (nSPS) is 16.8. The lowest BCUT2D eigenvalue weighted by atomic mass is 10.2. The smallest absolute Gasteiger partial charge is 0.303 e. The van der Waals surface area contributed by atoms with Gasteiger partial charge in [-0.2, -0.15) is 0 Å². The Kier molecular flexibility index (Phi) is 4.36. The summed E-state index contributed by atoms with van der Waals surface area (Å²) >= 11 is 1.64. The van der Waals surface area contributed by atoms with Gasteiger partial charge in [-0.1, -0.05) is 12.8 Å². The van der Waals surface area contributed by atoms with Gasteiger partial charge >= 0.3 is 5.97 Å². The molecule has 0 aliphatic carbocycles. The number of carboxylic acids is 1. The lowest BCUT2D eigenvalue weighted by molar-refractivity contribution is -0.136. The number of hydrogen-bond acceptors (Lipinski definition) is 4. The maximum absolute atomic E-state index is 10.5. The molecule has 0 atom stereocenters. The average molecular weight is 254 g/mol. The van der Waals surface area contributed by atoms with Crippen LogP contribution in [-0.4, -0.2) is 29.1 Å². The number of thiazole rings is 1. The third-order valence-corrected chi connectivity index (χ3v) is 3.96. The molecule has 1 aromatic rings. The molecule has 0 spiro atoms. The van der Waals surface area contributed by atoms with E-state index in [0.29, 0.717) is 6.42 Å². The topological polar surface area (TPSA) is 53.4 Å². The minimum absolute atomic E-state index is 0.170. The Morgan fingerprint density at radius 3 is 2.71 bits per heavy atom. The zero-order chi connectivity index (χ0) is 12.1. The standard InChI is InChI=1S/C12H18N2O2S/c15-11(16)6-5-10-9-17-12(13-10)14-7-3-1-2-4-8-14/h9H,1-8H2,(H,15,16). The van der Waals surface area contributed by atoms with Crippen LogP contribution in [0.15, 0.2) is 5.38 Å². The van der Waals surface area contributed by atoms with Crippen molar-refractivity contribution >= 4 is 22.4 Å². The van der Waals surface area contributed by atoms with Gasteiger partial charge in [0, 0.05) is 24.9 Å². The summed E-state index contributed by atoms with van der Waals surface area (Å²) < 4.78 is 0. The quantitative estimate of drug-likeness (QED) is 0.897. The Balaban J connectivity index is 1.94. The molecule has 0 radical (unpaired) electrons. The number of rotatable bonds is 4. The highest BCUT2D eigenvalue weighted by atomic mass is 32.1. The molecule has 1 N–H and O–H groups in total. The Morgan fingerprint density at radius 2 is 2.06 bits per heavy atom. The molecule has 2 rings (SSSR count). The molecule has 5 heteroatoms. The van der Waals surface area contributed by atoms with Crippen molar-refractivity contribution in [2.75, 3.05) is 18.0 Å². The van der Waals surface area contributed by atoms with E-state index in [4.69, 9.17) is 5.11 Å². The number of aryl methyl sites for hydroxylation is 1. The molecule has 1 saturated heterocycles. The fourth-order valence-corrected chi connectivity index (χ4v) is 2.97. The van der Waals surface area contributed by atoms with Crippen molar-refractivity contribution in [3.63, 3.8) is 0 Å². The first-order valence-corrected chi connectivity index (χ1v) is 7.05. The minimum Gasteiger partial charge on any atom is -0.481 e. The maximum atomic E-state index is 10.5. The number of aliphatic carboxylic acids is 1. The lowest BCUT2D eigenvalue weighted by Gasteiger charge is -2.18. The molecular weight excluding hydrogens is 236 g/mol. The number of carbonyl (C=O) groups is 1. The van der Waals surface area contributed by atoms with Crippen LogP contribution in [-0.2, 0) is 11.2 Å². The molecular formula is C12H18N2O2S. The Morgan fingerprint density at radius 1 is 1.35 bits per heavy atom. The molecule has 17 heavy (non-hydrogen) atoms. The van der Waals surface area contributed by atoms with Gasteiger partial charge in [0.2, 0.25) is 0 Å². The van der Waals surface area contributed by atoms with Crippen molar-refractivity contribution in [3.8, 4) is 0 Å². The summed E-state index contributed by atoms with van der Waals surface area (Å²) in [5.41, 5.74) is 0.914. The van der Waals surface area contributed by atoms with Crippen LogP contribution < -0.4 is 4.90 Å². The molecule has 1 aromatic heterocycles. The molecule has 0 amide bonds. The second kappa shape index (κ2) is 6.00. The highest BCUT2D eigenvalue weighted by Crippen LogP contribution is 2.24. The van der Waals surface area contributed by atoms with E-state index in [-0.39, 0.29) is 6.42 Å². The number of aromatic nitrogens is 1. The van der Waals surface area contributed by atoms with Gasteiger partial charge < -0.3 is 10.0 Å². The SMILES string of the molecule is O=C(O)CCc1csc(N2CCCCCC2)n1. The molecule has 1 aliphatic rings. The average Bonchev–Trinajstić information content (AvgIpc) is 2.60. The van der Waals surface area contributed by atoms with Gasteiger partial charge in [-0.3, -0.25) is 4.79 Å². The van der Waals surface area contributed by atoms with Gasteiger partial charge in [0.25, 0.3) is 0 Å². The highest BCUT2D eigenvalue weighted by molar-refractivity contribution is 7.13. The molecule has 1 aliphatic heterocycles. The van der Waals surface area contributed by atoms with Gasteiger partial charge in [-0.05, 0) is 12.8 Å². The summed E-state index contributed by atoms with van der Waals surface area (Å²) in [6.45, 7) is 2.18. The summed E-state index contributed by atoms with van der Waals surface area (Å²) in [6.07, 6.45) is 5.82. The summed E-state index contributed by atoms with van der Waals surface area (Å²) in [6, 6.07) is 0. The van der Waals surface area contributed by atoms with Crippen LogP contribution in [0, 0.1) is 0 Å².